The fourth-order valence-corrected chi connectivity index (χ4v) is 3.64. The average molecular weight is 423 g/mol. The third-order valence-corrected chi connectivity index (χ3v) is 5.50. The molecule has 1 aromatic heterocycles. The van der Waals surface area contributed by atoms with Crippen molar-refractivity contribution >= 4 is 35.2 Å². The predicted molar refractivity (Wildman–Crippen MR) is 112 cm³/mol. The van der Waals surface area contributed by atoms with Crippen LogP contribution in [0.5, 0.6) is 0 Å². The molecule has 28 heavy (non-hydrogen) atoms. The Morgan fingerprint density at radius 1 is 1.18 bits per heavy atom. The Morgan fingerprint density at radius 2 is 1.86 bits per heavy atom. The zero-order valence-electron chi connectivity index (χ0n) is 15.8. The van der Waals surface area contributed by atoms with Gasteiger partial charge in [-0.25, -0.2) is 4.68 Å². The number of β-amino-alcohol motifs (C(OH)–C–C–N with tert-alkyl or cyclic N) is 1. The number of aromatic nitrogens is 2. The number of benzene rings is 1. The summed E-state index contributed by atoms with van der Waals surface area (Å²) < 4.78 is 1.72. The molecule has 1 fully saturated rings. The lowest BCUT2D eigenvalue weighted by Crippen LogP contribution is -2.48. The van der Waals surface area contributed by atoms with E-state index >= 15 is 0 Å². The van der Waals surface area contributed by atoms with Gasteiger partial charge in [0, 0.05) is 49.4 Å². The number of aliphatic hydroxyl groups excluding tert-OH is 1. The van der Waals surface area contributed by atoms with Crippen molar-refractivity contribution in [3.63, 3.8) is 0 Å². The minimum atomic E-state index is -0.0374. The summed E-state index contributed by atoms with van der Waals surface area (Å²) in [5, 5.41) is 14.7. The first kappa shape index (κ1) is 20.9. The normalized spacial score (nSPS) is 15.5. The third-order valence-electron chi connectivity index (χ3n) is 4.85. The van der Waals surface area contributed by atoms with E-state index in [0.717, 1.165) is 29.9 Å². The van der Waals surface area contributed by atoms with Crippen LogP contribution >= 0.6 is 23.2 Å². The first-order chi connectivity index (χ1) is 13.5. The van der Waals surface area contributed by atoms with Crippen molar-refractivity contribution in [3.8, 4) is 0 Å². The molecule has 1 aromatic carbocycles. The summed E-state index contributed by atoms with van der Waals surface area (Å²) in [4.78, 5) is 16.4. The highest BCUT2D eigenvalue weighted by Gasteiger charge is 2.19. The molecule has 1 saturated heterocycles. The maximum atomic E-state index is 12.5. The molecule has 0 aliphatic carbocycles. The van der Waals surface area contributed by atoms with Gasteiger partial charge in [0.15, 0.2) is 0 Å². The van der Waals surface area contributed by atoms with E-state index in [1.807, 2.05) is 36.1 Å². The van der Waals surface area contributed by atoms with Crippen molar-refractivity contribution < 1.29 is 9.90 Å². The fraction of sp³-hybridized carbons (Fsp3) is 0.400. The minimum absolute atomic E-state index is 0.0374. The molecule has 2 heterocycles. The van der Waals surface area contributed by atoms with Crippen molar-refractivity contribution in [2.75, 3.05) is 39.3 Å². The van der Waals surface area contributed by atoms with Gasteiger partial charge in [0.1, 0.15) is 5.15 Å². The molecule has 0 spiro atoms. The van der Waals surface area contributed by atoms with Gasteiger partial charge in [0.2, 0.25) is 5.91 Å². The van der Waals surface area contributed by atoms with Gasteiger partial charge in [0.05, 0.1) is 18.8 Å². The molecule has 1 aliphatic heterocycles. The number of amides is 1. The number of carbonyl (C=O) groups is 1. The number of hydrogen-bond donors (Lipinski definition) is 1. The van der Waals surface area contributed by atoms with Crippen LogP contribution in [0.1, 0.15) is 16.8 Å². The van der Waals surface area contributed by atoms with Crippen LogP contribution < -0.4 is 0 Å². The molecule has 0 radical (unpaired) electrons. The molecule has 3 rings (SSSR count). The first-order valence-corrected chi connectivity index (χ1v) is 10.0. The van der Waals surface area contributed by atoms with E-state index < -0.39 is 0 Å². The van der Waals surface area contributed by atoms with E-state index in [-0.39, 0.29) is 12.5 Å². The van der Waals surface area contributed by atoms with Gasteiger partial charge in [-0.15, -0.1) is 0 Å². The summed E-state index contributed by atoms with van der Waals surface area (Å²) in [7, 11) is 0. The quantitative estimate of drug-likeness (QED) is 0.726. The Labute approximate surface area is 174 Å². The van der Waals surface area contributed by atoms with Crippen LogP contribution in [-0.2, 0) is 11.3 Å². The van der Waals surface area contributed by atoms with E-state index in [9.17, 15) is 4.79 Å². The SMILES string of the molecule is Cc1nn(Cc2ccc(Cl)cc2)c(Cl)c1/C=C/C(=O)N1CCN(CCO)CC1. The molecular formula is C20H24Cl2N4O2. The van der Waals surface area contributed by atoms with Gasteiger partial charge in [-0.3, -0.25) is 9.69 Å². The maximum Gasteiger partial charge on any atom is 0.246 e. The Morgan fingerprint density at radius 3 is 2.50 bits per heavy atom. The molecule has 2 aromatic rings. The summed E-state index contributed by atoms with van der Waals surface area (Å²) in [5.74, 6) is -0.0374. The largest absolute Gasteiger partial charge is 0.395 e. The molecule has 1 N–H and O–H groups in total. The third kappa shape index (κ3) is 5.14. The van der Waals surface area contributed by atoms with E-state index in [2.05, 4.69) is 10.00 Å². The highest BCUT2D eigenvalue weighted by Crippen LogP contribution is 2.23. The molecule has 8 heteroatoms. The first-order valence-electron chi connectivity index (χ1n) is 9.25. The van der Waals surface area contributed by atoms with Gasteiger partial charge in [-0.1, -0.05) is 35.3 Å². The summed E-state index contributed by atoms with van der Waals surface area (Å²) in [6.07, 6.45) is 3.30. The maximum absolute atomic E-state index is 12.5. The summed E-state index contributed by atoms with van der Waals surface area (Å²) in [5.41, 5.74) is 2.57. The highest BCUT2D eigenvalue weighted by molar-refractivity contribution is 6.31. The lowest BCUT2D eigenvalue weighted by Gasteiger charge is -2.33. The van der Waals surface area contributed by atoms with Gasteiger partial charge in [-0.2, -0.15) is 5.10 Å². The van der Waals surface area contributed by atoms with Gasteiger partial charge < -0.3 is 10.0 Å². The van der Waals surface area contributed by atoms with Crippen molar-refractivity contribution in [1.29, 1.82) is 0 Å². The second-order valence-electron chi connectivity index (χ2n) is 6.80. The van der Waals surface area contributed by atoms with Crippen molar-refractivity contribution in [1.82, 2.24) is 19.6 Å². The molecule has 1 amide bonds. The predicted octanol–water partition coefficient (Wildman–Crippen LogP) is 2.70. The number of nitrogens with zero attached hydrogens (tertiary/aromatic N) is 4. The molecule has 0 unspecified atom stereocenters. The van der Waals surface area contributed by atoms with Crippen molar-refractivity contribution in [3.05, 3.63) is 57.3 Å². The Bertz CT molecular complexity index is 841. The fourth-order valence-electron chi connectivity index (χ4n) is 3.22. The molecule has 150 valence electrons. The number of aliphatic hydroxyl groups is 1. The number of carbonyl (C=O) groups excluding carboxylic acids is 1. The van der Waals surface area contributed by atoms with Crippen LogP contribution in [0, 0.1) is 6.92 Å². The van der Waals surface area contributed by atoms with Crippen LogP contribution in [-0.4, -0.2) is 69.9 Å². The molecule has 6 nitrogen and oxygen atoms in total. The lowest BCUT2D eigenvalue weighted by atomic mass is 10.2. The van der Waals surface area contributed by atoms with Crippen LogP contribution in [0.4, 0.5) is 0 Å². The van der Waals surface area contributed by atoms with Gasteiger partial charge in [-0.05, 0) is 30.7 Å². The highest BCUT2D eigenvalue weighted by atomic mass is 35.5. The molecular weight excluding hydrogens is 399 g/mol. The number of halogens is 2. The number of hydrogen-bond acceptors (Lipinski definition) is 4. The number of aryl methyl sites for hydroxylation is 1. The van der Waals surface area contributed by atoms with E-state index in [1.54, 1.807) is 16.8 Å². The zero-order valence-corrected chi connectivity index (χ0v) is 17.3. The topological polar surface area (TPSA) is 61.6 Å². The molecule has 0 atom stereocenters. The van der Waals surface area contributed by atoms with E-state index in [1.165, 1.54) is 0 Å². The number of piperazine rings is 1. The zero-order chi connectivity index (χ0) is 20.1. The second-order valence-corrected chi connectivity index (χ2v) is 7.59. The van der Waals surface area contributed by atoms with Crippen LogP contribution in [0.2, 0.25) is 10.2 Å². The van der Waals surface area contributed by atoms with Crippen LogP contribution in [0.3, 0.4) is 0 Å². The second kappa shape index (κ2) is 9.56. The van der Waals surface area contributed by atoms with E-state index in [4.69, 9.17) is 28.3 Å². The van der Waals surface area contributed by atoms with Gasteiger partial charge >= 0.3 is 0 Å². The smallest absolute Gasteiger partial charge is 0.246 e. The molecule has 1 aliphatic rings. The molecule has 0 bridgehead atoms. The van der Waals surface area contributed by atoms with Crippen molar-refractivity contribution in [2.24, 2.45) is 0 Å². The lowest BCUT2D eigenvalue weighted by molar-refractivity contribution is -0.127. The summed E-state index contributed by atoms with van der Waals surface area (Å²) in [6, 6.07) is 7.54. The summed E-state index contributed by atoms with van der Waals surface area (Å²) in [6.45, 7) is 6.08. The number of rotatable bonds is 6. The Hall–Kier alpha value is -1.86. The van der Waals surface area contributed by atoms with Crippen molar-refractivity contribution in [2.45, 2.75) is 13.5 Å². The standard InChI is InChI=1S/C20H24Cl2N4O2/c1-15-18(6-7-19(28)25-10-8-24(9-11-25)12-13-27)20(22)26(23-15)14-16-2-4-17(21)5-3-16/h2-7,27H,8-14H2,1H3/b7-6+. The Kier molecular flexibility index (Phi) is 7.13. The van der Waals surface area contributed by atoms with Gasteiger partial charge in [0.25, 0.3) is 0 Å². The van der Waals surface area contributed by atoms with Crippen LogP contribution in [0.15, 0.2) is 30.3 Å². The molecule has 0 saturated carbocycles. The minimum Gasteiger partial charge on any atom is -0.395 e. The average Bonchev–Trinajstić information content (AvgIpc) is 2.95. The van der Waals surface area contributed by atoms with Crippen LogP contribution in [0.25, 0.3) is 6.08 Å². The Balaban J connectivity index is 1.64. The summed E-state index contributed by atoms with van der Waals surface area (Å²) >= 11 is 12.4. The van der Waals surface area contributed by atoms with E-state index in [0.29, 0.717) is 36.4 Å². The monoisotopic (exact) mass is 422 g/mol.